The van der Waals surface area contributed by atoms with Crippen molar-refractivity contribution in [3.05, 3.63) is 78.9 Å². The van der Waals surface area contributed by atoms with Crippen LogP contribution >= 0.6 is 34.8 Å². The van der Waals surface area contributed by atoms with E-state index in [-0.39, 0.29) is 10.6 Å². The molecule has 0 atom stereocenters. The molecule has 3 aromatic rings. The van der Waals surface area contributed by atoms with Crippen LogP contribution in [0.25, 0.3) is 17.0 Å². The molecule has 0 aliphatic rings. The summed E-state index contributed by atoms with van der Waals surface area (Å²) in [6, 6.07) is 10.4. The van der Waals surface area contributed by atoms with E-state index in [1.807, 2.05) is 0 Å². The van der Waals surface area contributed by atoms with Crippen molar-refractivity contribution in [1.29, 1.82) is 0 Å². The van der Waals surface area contributed by atoms with E-state index >= 15 is 0 Å². The summed E-state index contributed by atoms with van der Waals surface area (Å²) in [6.45, 7) is 0. The number of benzene rings is 2. The largest absolute Gasteiger partial charge is 0.422 e. The first-order valence-corrected chi connectivity index (χ1v) is 9.56. The summed E-state index contributed by atoms with van der Waals surface area (Å²) < 4.78 is 30.0. The van der Waals surface area contributed by atoms with Crippen molar-refractivity contribution in [2.75, 3.05) is 0 Å². The summed E-state index contributed by atoms with van der Waals surface area (Å²) in [5.74, 6) is 0. The van der Waals surface area contributed by atoms with Crippen molar-refractivity contribution in [3.63, 3.8) is 0 Å². The maximum Gasteiger partial charge on any atom is 0.355 e. The molecular weight excluding hydrogens is 407 g/mol. The third-order valence-electron chi connectivity index (χ3n) is 3.36. The Labute approximate surface area is 158 Å². The summed E-state index contributed by atoms with van der Waals surface area (Å²) in [4.78, 5) is 11.5. The minimum Gasteiger partial charge on any atom is -0.422 e. The average molecular weight is 416 g/mol. The lowest BCUT2D eigenvalue weighted by atomic mass is 10.2. The molecule has 0 aliphatic heterocycles. The van der Waals surface area contributed by atoms with Gasteiger partial charge in [-0.05, 0) is 48.0 Å². The number of hydrogen-bond acceptors (Lipinski definition) is 4. The van der Waals surface area contributed by atoms with Crippen LogP contribution in [-0.2, 0) is 9.84 Å². The molecule has 0 radical (unpaired) electrons. The lowest BCUT2D eigenvalue weighted by Gasteiger charge is -2.02. The van der Waals surface area contributed by atoms with E-state index in [4.69, 9.17) is 39.2 Å². The van der Waals surface area contributed by atoms with Crippen LogP contribution < -0.4 is 5.63 Å². The Balaban J connectivity index is 2.07. The Hall–Kier alpha value is -1.79. The van der Waals surface area contributed by atoms with Gasteiger partial charge in [0.25, 0.3) is 0 Å². The van der Waals surface area contributed by atoms with Crippen LogP contribution in [0.5, 0.6) is 0 Å². The fraction of sp³-hybridized carbons (Fsp3) is 0. The maximum atomic E-state index is 12.5. The first kappa shape index (κ1) is 18.0. The number of halogens is 3. The van der Waals surface area contributed by atoms with Gasteiger partial charge in [-0.15, -0.1) is 0 Å². The van der Waals surface area contributed by atoms with Crippen LogP contribution in [0.15, 0.2) is 62.0 Å². The average Bonchev–Trinajstić information content (AvgIpc) is 2.53. The number of fused-ring (bicyclic) bond motifs is 1. The van der Waals surface area contributed by atoms with E-state index in [9.17, 15) is 13.2 Å². The molecule has 0 saturated heterocycles. The fourth-order valence-corrected chi connectivity index (χ4v) is 3.84. The van der Waals surface area contributed by atoms with Crippen molar-refractivity contribution in [2.24, 2.45) is 0 Å². The third-order valence-corrected chi connectivity index (χ3v) is 5.55. The molecule has 128 valence electrons. The van der Waals surface area contributed by atoms with Crippen LogP contribution in [-0.4, -0.2) is 8.42 Å². The van der Waals surface area contributed by atoms with Gasteiger partial charge in [0.1, 0.15) is 5.58 Å². The molecule has 3 rings (SSSR count). The topological polar surface area (TPSA) is 64.3 Å². The van der Waals surface area contributed by atoms with E-state index in [1.165, 1.54) is 30.3 Å². The molecule has 25 heavy (non-hydrogen) atoms. The normalized spacial score (nSPS) is 12.1. The zero-order chi connectivity index (χ0) is 18.2. The first-order valence-electron chi connectivity index (χ1n) is 6.88. The molecule has 1 aromatic heterocycles. The molecule has 0 spiro atoms. The molecule has 2 aromatic carbocycles. The van der Waals surface area contributed by atoms with Crippen molar-refractivity contribution in [1.82, 2.24) is 0 Å². The second-order valence-electron chi connectivity index (χ2n) is 5.09. The van der Waals surface area contributed by atoms with Crippen molar-refractivity contribution >= 4 is 61.7 Å². The number of hydrogen-bond donors (Lipinski definition) is 0. The summed E-state index contributed by atoms with van der Waals surface area (Å²) >= 11 is 17.7. The van der Waals surface area contributed by atoms with Crippen molar-refractivity contribution < 1.29 is 12.8 Å². The summed E-state index contributed by atoms with van der Waals surface area (Å²) in [5, 5.41) is 2.41. The van der Waals surface area contributed by atoms with Crippen LogP contribution in [0.1, 0.15) is 5.56 Å². The Bertz CT molecular complexity index is 1160. The smallest absolute Gasteiger partial charge is 0.355 e. The third kappa shape index (κ3) is 3.90. The van der Waals surface area contributed by atoms with E-state index in [0.29, 0.717) is 21.0 Å². The van der Waals surface area contributed by atoms with Gasteiger partial charge in [-0.1, -0.05) is 40.9 Å². The molecule has 1 heterocycles. The van der Waals surface area contributed by atoms with E-state index in [2.05, 4.69) is 0 Å². The van der Waals surface area contributed by atoms with Crippen LogP contribution in [0.4, 0.5) is 0 Å². The highest BCUT2D eigenvalue weighted by Crippen LogP contribution is 2.24. The Morgan fingerprint density at radius 3 is 2.32 bits per heavy atom. The van der Waals surface area contributed by atoms with Gasteiger partial charge < -0.3 is 4.42 Å². The minimum absolute atomic E-state index is 0.248. The van der Waals surface area contributed by atoms with Crippen LogP contribution in [0.2, 0.25) is 15.1 Å². The minimum atomic E-state index is -4.04. The molecule has 0 amide bonds. The lowest BCUT2D eigenvalue weighted by Crippen LogP contribution is -2.11. The Morgan fingerprint density at radius 1 is 0.920 bits per heavy atom. The van der Waals surface area contributed by atoms with Gasteiger partial charge in [0.15, 0.2) is 4.90 Å². The van der Waals surface area contributed by atoms with Gasteiger partial charge in [0.2, 0.25) is 9.84 Å². The predicted octanol–water partition coefficient (Wildman–Crippen LogP) is 5.20. The van der Waals surface area contributed by atoms with Crippen LogP contribution in [0.3, 0.4) is 0 Å². The van der Waals surface area contributed by atoms with Gasteiger partial charge >= 0.3 is 5.63 Å². The highest BCUT2D eigenvalue weighted by Gasteiger charge is 2.18. The van der Waals surface area contributed by atoms with Gasteiger partial charge in [-0.3, -0.25) is 0 Å². The Morgan fingerprint density at radius 2 is 1.60 bits per heavy atom. The fourth-order valence-electron chi connectivity index (χ4n) is 2.15. The summed E-state index contributed by atoms with van der Waals surface area (Å²) in [7, 11) is -4.04. The second kappa shape index (κ2) is 6.84. The zero-order valence-electron chi connectivity index (χ0n) is 12.4. The summed E-state index contributed by atoms with van der Waals surface area (Å²) in [5.41, 5.74) is -0.261. The van der Waals surface area contributed by atoms with Crippen LogP contribution in [0, 0.1) is 0 Å². The molecule has 0 N–H and O–H groups in total. The van der Waals surface area contributed by atoms with E-state index in [0.717, 1.165) is 5.41 Å². The Kier molecular flexibility index (Phi) is 4.93. The first-order chi connectivity index (χ1) is 11.8. The number of sulfone groups is 1. The van der Waals surface area contributed by atoms with E-state index < -0.39 is 20.4 Å². The predicted molar refractivity (Wildman–Crippen MR) is 100 cm³/mol. The molecule has 0 aliphatic carbocycles. The monoisotopic (exact) mass is 414 g/mol. The quantitative estimate of drug-likeness (QED) is 0.552. The van der Waals surface area contributed by atoms with Gasteiger partial charge in [-0.2, -0.15) is 0 Å². The number of rotatable bonds is 3. The molecule has 0 bridgehead atoms. The van der Waals surface area contributed by atoms with E-state index in [1.54, 1.807) is 18.2 Å². The highest BCUT2D eigenvalue weighted by atomic mass is 35.5. The standard InChI is InChI=1S/C17H9Cl3O4S/c18-12-3-4-15-11(7-12)8-16(17(21)24-15)25(22,23)6-5-10-1-2-13(19)9-14(10)20/h1-9H/b6-5+. The highest BCUT2D eigenvalue weighted by molar-refractivity contribution is 7.94. The molecule has 8 heteroatoms. The lowest BCUT2D eigenvalue weighted by molar-refractivity contribution is 0.534. The van der Waals surface area contributed by atoms with Gasteiger partial charge in [-0.25, -0.2) is 13.2 Å². The molecular formula is C17H9Cl3O4S. The summed E-state index contributed by atoms with van der Waals surface area (Å²) in [6.07, 6.45) is 1.29. The molecule has 0 fully saturated rings. The maximum absolute atomic E-state index is 12.5. The molecule has 4 nitrogen and oxygen atoms in total. The molecule has 0 saturated carbocycles. The molecule has 0 unspecified atom stereocenters. The zero-order valence-corrected chi connectivity index (χ0v) is 15.5. The van der Waals surface area contributed by atoms with Crippen molar-refractivity contribution in [3.8, 4) is 0 Å². The van der Waals surface area contributed by atoms with Crippen molar-refractivity contribution in [2.45, 2.75) is 4.90 Å². The second-order valence-corrected chi connectivity index (χ2v) is 8.18. The van der Waals surface area contributed by atoms with Gasteiger partial charge in [0.05, 0.1) is 0 Å². The van der Waals surface area contributed by atoms with Gasteiger partial charge in [0, 0.05) is 25.9 Å². The SMILES string of the molecule is O=c1oc2ccc(Cl)cc2cc1S(=O)(=O)/C=C/c1ccc(Cl)cc1Cl.